The van der Waals surface area contributed by atoms with Gasteiger partial charge in [-0.1, -0.05) is 55.8 Å². The molecule has 0 bridgehead atoms. The van der Waals surface area contributed by atoms with E-state index in [1.165, 1.54) is 10.8 Å². The molecule has 0 fully saturated rings. The summed E-state index contributed by atoms with van der Waals surface area (Å²) in [4.78, 5) is 1.55. The van der Waals surface area contributed by atoms with Crippen LogP contribution in [0.15, 0.2) is 72.8 Å². The van der Waals surface area contributed by atoms with Crippen LogP contribution in [0.5, 0.6) is 5.75 Å². The van der Waals surface area contributed by atoms with Crippen LogP contribution in [0.1, 0.15) is 30.9 Å². The maximum Gasteiger partial charge on any atom is 0.146 e. The van der Waals surface area contributed by atoms with Crippen molar-refractivity contribution in [1.29, 1.82) is 0 Å². The van der Waals surface area contributed by atoms with E-state index in [2.05, 4.69) is 52.8 Å². The van der Waals surface area contributed by atoms with E-state index in [1.54, 1.807) is 4.80 Å². The van der Waals surface area contributed by atoms with Crippen molar-refractivity contribution in [3.8, 4) is 11.4 Å². The third-order valence-electron chi connectivity index (χ3n) is 5.78. The Morgan fingerprint density at radius 3 is 2.59 bits per heavy atom. The number of aromatic hydroxyl groups is 1. The standard InChI is InChI=1S/C27H26N4O/c1-3-4-8-20-15-18(2)16-26(27(20)32)31-29-24-14-13-21(17-25(24)30-31)28-23-12-7-10-19-9-5-6-11-22(19)23/h5-7,9-17,28,32H,3-4,8H2,1-2H3. The number of aromatic nitrogens is 3. The molecule has 0 unspecified atom stereocenters. The van der Waals surface area contributed by atoms with E-state index >= 15 is 0 Å². The Morgan fingerprint density at radius 1 is 0.906 bits per heavy atom. The van der Waals surface area contributed by atoms with Gasteiger partial charge >= 0.3 is 0 Å². The summed E-state index contributed by atoms with van der Waals surface area (Å²) >= 11 is 0. The zero-order valence-corrected chi connectivity index (χ0v) is 18.3. The molecule has 4 aromatic carbocycles. The maximum absolute atomic E-state index is 10.9. The van der Waals surface area contributed by atoms with E-state index in [9.17, 15) is 5.11 Å². The number of nitrogens with zero attached hydrogens (tertiary/aromatic N) is 3. The molecule has 160 valence electrons. The molecule has 0 saturated carbocycles. The van der Waals surface area contributed by atoms with Crippen molar-refractivity contribution in [2.75, 3.05) is 5.32 Å². The average molecular weight is 423 g/mol. The second-order valence-electron chi connectivity index (χ2n) is 8.24. The first-order chi connectivity index (χ1) is 15.6. The van der Waals surface area contributed by atoms with Crippen LogP contribution in [0, 0.1) is 6.92 Å². The molecule has 5 heteroatoms. The molecule has 0 radical (unpaired) electrons. The minimum Gasteiger partial charge on any atom is -0.505 e. The number of rotatable bonds is 6. The van der Waals surface area contributed by atoms with Crippen molar-refractivity contribution in [2.45, 2.75) is 33.1 Å². The molecule has 1 heterocycles. The molecule has 5 nitrogen and oxygen atoms in total. The number of unbranched alkanes of at least 4 members (excludes halogenated alkanes) is 1. The number of aryl methyl sites for hydroxylation is 2. The van der Waals surface area contributed by atoms with Crippen LogP contribution in [0.2, 0.25) is 0 Å². The van der Waals surface area contributed by atoms with E-state index in [4.69, 9.17) is 0 Å². The molecule has 32 heavy (non-hydrogen) atoms. The van der Waals surface area contributed by atoms with E-state index in [-0.39, 0.29) is 5.75 Å². The summed E-state index contributed by atoms with van der Waals surface area (Å²) in [5, 5.41) is 26.0. The predicted octanol–water partition coefficient (Wildman–Crippen LogP) is 6.67. The Balaban J connectivity index is 1.50. The molecule has 5 rings (SSSR count). The number of benzene rings is 4. The number of hydrogen-bond acceptors (Lipinski definition) is 4. The van der Waals surface area contributed by atoms with Gasteiger partial charge in [0.25, 0.3) is 0 Å². The Bertz CT molecular complexity index is 1420. The van der Waals surface area contributed by atoms with Crippen LogP contribution in [0.3, 0.4) is 0 Å². The van der Waals surface area contributed by atoms with Gasteiger partial charge in [0.05, 0.1) is 0 Å². The van der Waals surface area contributed by atoms with E-state index in [0.29, 0.717) is 5.69 Å². The van der Waals surface area contributed by atoms with Crippen molar-refractivity contribution in [1.82, 2.24) is 15.0 Å². The van der Waals surface area contributed by atoms with E-state index < -0.39 is 0 Å². The Hall–Kier alpha value is -3.86. The number of phenols is 1. The molecule has 1 aromatic heterocycles. The fourth-order valence-electron chi connectivity index (χ4n) is 4.13. The summed E-state index contributed by atoms with van der Waals surface area (Å²) < 4.78 is 0. The van der Waals surface area contributed by atoms with Crippen LogP contribution in [0.4, 0.5) is 11.4 Å². The minimum absolute atomic E-state index is 0.262. The zero-order chi connectivity index (χ0) is 22.1. The minimum atomic E-state index is 0.262. The summed E-state index contributed by atoms with van der Waals surface area (Å²) in [7, 11) is 0. The molecule has 0 atom stereocenters. The highest BCUT2D eigenvalue weighted by molar-refractivity contribution is 5.95. The van der Waals surface area contributed by atoms with Crippen LogP contribution < -0.4 is 5.32 Å². The fraction of sp³-hybridized carbons (Fsp3) is 0.185. The van der Waals surface area contributed by atoms with Gasteiger partial charge in [-0.3, -0.25) is 0 Å². The quantitative estimate of drug-likeness (QED) is 0.321. The molecule has 0 aliphatic heterocycles. The summed E-state index contributed by atoms with van der Waals surface area (Å²) in [6, 6.07) is 24.5. The first kappa shape index (κ1) is 20.1. The number of phenolic OH excluding ortho intramolecular Hbond substituents is 1. The third-order valence-corrected chi connectivity index (χ3v) is 5.78. The number of nitrogens with one attached hydrogen (secondary N) is 1. The Labute approximate surface area is 187 Å². The van der Waals surface area contributed by atoms with Gasteiger partial charge in [-0.25, -0.2) is 0 Å². The molecule has 0 aliphatic carbocycles. The second kappa shape index (κ2) is 8.35. The van der Waals surface area contributed by atoms with Crippen LogP contribution in [-0.2, 0) is 6.42 Å². The topological polar surface area (TPSA) is 63.0 Å². The predicted molar refractivity (Wildman–Crippen MR) is 131 cm³/mol. The van der Waals surface area contributed by atoms with Gasteiger partial charge in [0.1, 0.15) is 22.5 Å². The number of anilines is 2. The van der Waals surface area contributed by atoms with Gasteiger partial charge in [-0.2, -0.15) is 0 Å². The Kier molecular flexibility index (Phi) is 5.23. The van der Waals surface area contributed by atoms with Gasteiger partial charge < -0.3 is 10.4 Å². The third kappa shape index (κ3) is 3.78. The number of hydrogen-bond donors (Lipinski definition) is 2. The first-order valence-corrected chi connectivity index (χ1v) is 11.1. The molecule has 0 aliphatic rings. The van der Waals surface area contributed by atoms with E-state index in [1.807, 2.05) is 49.4 Å². The fourth-order valence-corrected chi connectivity index (χ4v) is 4.13. The highest BCUT2D eigenvalue weighted by atomic mass is 16.3. The summed E-state index contributed by atoms with van der Waals surface area (Å²) in [6.45, 7) is 4.19. The van der Waals surface area contributed by atoms with Crippen molar-refractivity contribution >= 4 is 33.2 Å². The second-order valence-corrected chi connectivity index (χ2v) is 8.24. The summed E-state index contributed by atoms with van der Waals surface area (Å²) in [6.07, 6.45) is 2.96. The normalized spacial score (nSPS) is 11.3. The van der Waals surface area contributed by atoms with Gasteiger partial charge in [0, 0.05) is 16.8 Å². The Morgan fingerprint density at radius 2 is 1.72 bits per heavy atom. The molecular weight excluding hydrogens is 396 g/mol. The highest BCUT2D eigenvalue weighted by Crippen LogP contribution is 2.31. The lowest BCUT2D eigenvalue weighted by Crippen LogP contribution is -2.02. The van der Waals surface area contributed by atoms with Gasteiger partial charge in [-0.05, 0) is 66.6 Å². The largest absolute Gasteiger partial charge is 0.505 e. The molecule has 0 spiro atoms. The van der Waals surface area contributed by atoms with Gasteiger partial charge in [0.2, 0.25) is 0 Å². The first-order valence-electron chi connectivity index (χ1n) is 11.1. The lowest BCUT2D eigenvalue weighted by molar-refractivity contribution is 0.459. The average Bonchev–Trinajstić information content (AvgIpc) is 3.23. The SMILES string of the molecule is CCCCc1cc(C)cc(-n2nc3ccc(Nc4cccc5ccccc45)cc3n2)c1O. The summed E-state index contributed by atoms with van der Waals surface area (Å²) in [5.41, 5.74) is 6.20. The van der Waals surface area contributed by atoms with Crippen molar-refractivity contribution in [3.63, 3.8) is 0 Å². The van der Waals surface area contributed by atoms with Gasteiger partial charge in [-0.15, -0.1) is 15.0 Å². The highest BCUT2D eigenvalue weighted by Gasteiger charge is 2.14. The zero-order valence-electron chi connectivity index (χ0n) is 18.3. The molecule has 5 aromatic rings. The van der Waals surface area contributed by atoms with Crippen LogP contribution in [-0.4, -0.2) is 20.1 Å². The molecular formula is C27H26N4O. The molecule has 0 saturated heterocycles. The maximum atomic E-state index is 10.9. The lowest BCUT2D eigenvalue weighted by atomic mass is 10.0. The van der Waals surface area contributed by atoms with Crippen LogP contribution in [0.25, 0.3) is 27.5 Å². The smallest absolute Gasteiger partial charge is 0.146 e. The van der Waals surface area contributed by atoms with Crippen molar-refractivity contribution in [3.05, 3.63) is 83.9 Å². The van der Waals surface area contributed by atoms with Gasteiger partial charge in [0.15, 0.2) is 0 Å². The summed E-state index contributed by atoms with van der Waals surface area (Å²) in [5.74, 6) is 0.262. The van der Waals surface area contributed by atoms with Crippen LogP contribution >= 0.6 is 0 Å². The van der Waals surface area contributed by atoms with E-state index in [0.717, 1.165) is 52.8 Å². The molecule has 2 N–H and O–H groups in total. The van der Waals surface area contributed by atoms with Crippen molar-refractivity contribution in [2.24, 2.45) is 0 Å². The van der Waals surface area contributed by atoms with Crippen molar-refractivity contribution < 1.29 is 5.11 Å². The monoisotopic (exact) mass is 422 g/mol. The molecule has 0 amide bonds. The lowest BCUT2D eigenvalue weighted by Gasteiger charge is -2.10. The number of fused-ring (bicyclic) bond motifs is 2.